The molecule has 1 N–H and O–H groups in total. The standard InChI is InChI=1S/C20H20N2O3/c1-2-25-19(23)18-14-10-11-15(12-14)22(18)20(24)21-17-9-5-7-13-6-3-4-8-16(13)17/h3-11,14-15,18H,2,12H2,1H3,(H,21,24). The number of urea groups is 1. The molecule has 1 saturated heterocycles. The van der Waals surface area contributed by atoms with Crippen LogP contribution in [0.4, 0.5) is 10.5 Å². The van der Waals surface area contributed by atoms with Gasteiger partial charge in [0.25, 0.3) is 0 Å². The van der Waals surface area contributed by atoms with Gasteiger partial charge in [0.05, 0.1) is 18.3 Å². The predicted octanol–water partition coefficient (Wildman–Crippen LogP) is 3.56. The Morgan fingerprint density at radius 1 is 1.16 bits per heavy atom. The lowest BCUT2D eigenvalue weighted by Crippen LogP contribution is -2.50. The molecule has 2 aromatic carbocycles. The Bertz CT molecular complexity index is 856. The molecule has 0 radical (unpaired) electrons. The van der Waals surface area contributed by atoms with Crippen LogP contribution < -0.4 is 5.32 Å². The molecule has 2 aliphatic rings. The smallest absolute Gasteiger partial charge is 0.329 e. The van der Waals surface area contributed by atoms with Gasteiger partial charge < -0.3 is 15.0 Å². The molecule has 1 heterocycles. The summed E-state index contributed by atoms with van der Waals surface area (Å²) in [5, 5.41) is 5.02. The van der Waals surface area contributed by atoms with Crippen molar-refractivity contribution in [1.29, 1.82) is 0 Å². The second kappa shape index (κ2) is 6.24. The zero-order valence-electron chi connectivity index (χ0n) is 14.0. The van der Waals surface area contributed by atoms with Crippen molar-refractivity contribution in [3.05, 3.63) is 54.6 Å². The van der Waals surface area contributed by atoms with E-state index in [-0.39, 0.29) is 24.0 Å². The molecule has 1 aliphatic carbocycles. The maximum absolute atomic E-state index is 12.9. The number of fused-ring (bicyclic) bond motifs is 3. The molecule has 25 heavy (non-hydrogen) atoms. The van der Waals surface area contributed by atoms with Crippen LogP contribution >= 0.6 is 0 Å². The van der Waals surface area contributed by atoms with Crippen molar-refractivity contribution < 1.29 is 14.3 Å². The van der Waals surface area contributed by atoms with Crippen molar-refractivity contribution in [3.63, 3.8) is 0 Å². The molecule has 5 heteroatoms. The highest BCUT2D eigenvalue weighted by atomic mass is 16.5. The number of nitrogens with zero attached hydrogens (tertiary/aromatic N) is 1. The highest BCUT2D eigenvalue weighted by Crippen LogP contribution is 2.38. The third-order valence-corrected chi connectivity index (χ3v) is 4.95. The van der Waals surface area contributed by atoms with E-state index in [0.29, 0.717) is 6.61 Å². The normalized spacial score (nSPS) is 23.9. The Balaban J connectivity index is 1.61. The highest BCUT2D eigenvalue weighted by Gasteiger charge is 2.49. The van der Waals surface area contributed by atoms with Crippen LogP contribution in [0, 0.1) is 5.92 Å². The number of carbonyl (C=O) groups is 2. The summed E-state index contributed by atoms with van der Waals surface area (Å²) >= 11 is 0. The van der Waals surface area contributed by atoms with Crippen LogP contribution in [0.3, 0.4) is 0 Å². The Morgan fingerprint density at radius 3 is 2.80 bits per heavy atom. The summed E-state index contributed by atoms with van der Waals surface area (Å²) in [7, 11) is 0. The largest absolute Gasteiger partial charge is 0.464 e. The van der Waals surface area contributed by atoms with Crippen LogP contribution in [-0.2, 0) is 9.53 Å². The van der Waals surface area contributed by atoms with Gasteiger partial charge in [-0.15, -0.1) is 0 Å². The number of hydrogen-bond donors (Lipinski definition) is 1. The van der Waals surface area contributed by atoms with Crippen LogP contribution in [0.1, 0.15) is 13.3 Å². The number of amides is 2. The molecule has 2 bridgehead atoms. The fourth-order valence-corrected chi connectivity index (χ4v) is 3.87. The van der Waals surface area contributed by atoms with Gasteiger partial charge in [0.15, 0.2) is 0 Å². The Morgan fingerprint density at radius 2 is 1.96 bits per heavy atom. The van der Waals surface area contributed by atoms with Crippen LogP contribution in [-0.4, -0.2) is 35.6 Å². The minimum atomic E-state index is -0.537. The van der Waals surface area contributed by atoms with E-state index < -0.39 is 6.04 Å². The lowest BCUT2D eigenvalue weighted by molar-refractivity contribution is -0.148. The van der Waals surface area contributed by atoms with E-state index in [1.807, 2.05) is 54.6 Å². The molecule has 3 unspecified atom stereocenters. The number of anilines is 1. The van der Waals surface area contributed by atoms with Gasteiger partial charge in [0.2, 0.25) is 0 Å². The average molecular weight is 336 g/mol. The van der Waals surface area contributed by atoms with E-state index in [4.69, 9.17) is 4.74 Å². The average Bonchev–Trinajstić information content (AvgIpc) is 3.23. The van der Waals surface area contributed by atoms with Crippen molar-refractivity contribution in [2.45, 2.75) is 25.4 Å². The summed E-state index contributed by atoms with van der Waals surface area (Å²) in [6, 6.07) is 12.9. The molecule has 2 aromatic rings. The minimum absolute atomic E-state index is 0.0438. The van der Waals surface area contributed by atoms with Crippen LogP contribution in [0.15, 0.2) is 54.6 Å². The molecule has 2 amide bonds. The van der Waals surface area contributed by atoms with Gasteiger partial charge in [-0.05, 0) is 24.8 Å². The molecular weight excluding hydrogens is 316 g/mol. The first-order valence-corrected chi connectivity index (χ1v) is 8.61. The number of nitrogens with one attached hydrogen (secondary N) is 1. The number of ether oxygens (including phenoxy) is 1. The maximum atomic E-state index is 12.9. The van der Waals surface area contributed by atoms with Crippen LogP contribution in [0.25, 0.3) is 10.8 Å². The number of esters is 1. The summed E-state index contributed by atoms with van der Waals surface area (Å²) < 4.78 is 5.18. The molecule has 128 valence electrons. The number of likely N-dealkylation sites (tertiary alicyclic amines) is 1. The summed E-state index contributed by atoms with van der Waals surface area (Å²) in [4.78, 5) is 26.9. The SMILES string of the molecule is CCOC(=O)C1C2C=CC(C2)N1C(=O)Nc1cccc2ccccc12. The molecule has 5 nitrogen and oxygen atoms in total. The highest BCUT2D eigenvalue weighted by molar-refractivity contribution is 6.02. The summed E-state index contributed by atoms with van der Waals surface area (Å²) in [5.41, 5.74) is 0.748. The van der Waals surface area contributed by atoms with Gasteiger partial charge in [-0.3, -0.25) is 0 Å². The second-order valence-electron chi connectivity index (χ2n) is 6.41. The van der Waals surface area contributed by atoms with E-state index in [9.17, 15) is 9.59 Å². The van der Waals surface area contributed by atoms with Crippen molar-refractivity contribution in [1.82, 2.24) is 4.90 Å². The molecule has 0 saturated carbocycles. The zero-order chi connectivity index (χ0) is 17.4. The van der Waals surface area contributed by atoms with Gasteiger partial charge in [-0.25, -0.2) is 9.59 Å². The van der Waals surface area contributed by atoms with Gasteiger partial charge in [0, 0.05) is 11.3 Å². The van der Waals surface area contributed by atoms with Crippen molar-refractivity contribution >= 4 is 28.5 Å². The van der Waals surface area contributed by atoms with Crippen LogP contribution in [0.5, 0.6) is 0 Å². The monoisotopic (exact) mass is 336 g/mol. The van der Waals surface area contributed by atoms with Crippen LogP contribution in [0.2, 0.25) is 0 Å². The van der Waals surface area contributed by atoms with Crippen molar-refractivity contribution in [2.24, 2.45) is 5.92 Å². The first-order chi connectivity index (χ1) is 12.2. The molecule has 1 aliphatic heterocycles. The number of rotatable bonds is 3. The molecule has 0 spiro atoms. The van der Waals surface area contributed by atoms with E-state index in [1.165, 1.54) is 0 Å². The Hall–Kier alpha value is -2.82. The Labute approximate surface area is 146 Å². The zero-order valence-corrected chi connectivity index (χ0v) is 14.0. The number of hydrogen-bond acceptors (Lipinski definition) is 3. The molecule has 4 rings (SSSR count). The minimum Gasteiger partial charge on any atom is -0.464 e. The topological polar surface area (TPSA) is 58.6 Å². The predicted molar refractivity (Wildman–Crippen MR) is 96.3 cm³/mol. The van der Waals surface area contributed by atoms with E-state index in [0.717, 1.165) is 22.9 Å². The summed E-state index contributed by atoms with van der Waals surface area (Å²) in [6.07, 6.45) is 4.81. The molecule has 3 atom stereocenters. The third-order valence-electron chi connectivity index (χ3n) is 4.95. The van der Waals surface area contributed by atoms with Gasteiger partial charge in [0.1, 0.15) is 6.04 Å². The van der Waals surface area contributed by atoms with E-state index >= 15 is 0 Å². The first kappa shape index (κ1) is 15.7. The lowest BCUT2D eigenvalue weighted by Gasteiger charge is -2.31. The quantitative estimate of drug-likeness (QED) is 0.689. The molecular formula is C20H20N2O3. The van der Waals surface area contributed by atoms with Gasteiger partial charge in [-0.1, -0.05) is 48.6 Å². The second-order valence-corrected chi connectivity index (χ2v) is 6.41. The molecule has 1 fully saturated rings. The van der Waals surface area contributed by atoms with E-state index in [2.05, 4.69) is 5.32 Å². The summed E-state index contributed by atoms with van der Waals surface area (Å²) in [5.74, 6) is -0.283. The fraction of sp³-hybridized carbons (Fsp3) is 0.300. The number of benzene rings is 2. The Kier molecular flexibility index (Phi) is 3.92. The summed E-state index contributed by atoms with van der Waals surface area (Å²) in [6.45, 7) is 2.09. The van der Waals surface area contributed by atoms with Gasteiger partial charge >= 0.3 is 12.0 Å². The lowest BCUT2D eigenvalue weighted by atomic mass is 10.0. The van der Waals surface area contributed by atoms with Gasteiger partial charge in [-0.2, -0.15) is 0 Å². The first-order valence-electron chi connectivity index (χ1n) is 8.61. The fourth-order valence-electron chi connectivity index (χ4n) is 3.87. The van der Waals surface area contributed by atoms with E-state index in [1.54, 1.807) is 11.8 Å². The third kappa shape index (κ3) is 2.65. The van der Waals surface area contributed by atoms with Crippen molar-refractivity contribution in [2.75, 3.05) is 11.9 Å². The van der Waals surface area contributed by atoms with Crippen molar-refractivity contribution in [3.8, 4) is 0 Å². The number of carbonyl (C=O) groups excluding carboxylic acids is 2. The molecule has 0 aromatic heterocycles. The maximum Gasteiger partial charge on any atom is 0.329 e.